The predicted octanol–water partition coefficient (Wildman–Crippen LogP) is 3.24. The third-order valence-electron chi connectivity index (χ3n) is 5.72. The van der Waals surface area contributed by atoms with Gasteiger partial charge in [0.1, 0.15) is 5.75 Å². The zero-order chi connectivity index (χ0) is 20.6. The summed E-state index contributed by atoms with van der Waals surface area (Å²) in [5, 5.41) is 3.99. The van der Waals surface area contributed by atoms with Gasteiger partial charge in [-0.15, -0.1) is 0 Å². The first-order chi connectivity index (χ1) is 14.0. The van der Waals surface area contributed by atoms with Crippen molar-refractivity contribution in [2.45, 2.75) is 18.5 Å². The van der Waals surface area contributed by atoms with E-state index in [9.17, 15) is 9.59 Å². The molecule has 0 bridgehead atoms. The van der Waals surface area contributed by atoms with E-state index in [1.54, 1.807) is 25.1 Å². The number of carbonyl (C=O) groups is 2. The molecule has 152 valence electrons. The highest BCUT2D eigenvalue weighted by molar-refractivity contribution is 6.30. The number of carbonyl (C=O) groups excluding carboxylic acids is 2. The van der Waals surface area contributed by atoms with Crippen molar-refractivity contribution in [3.05, 3.63) is 64.7 Å². The number of benzene rings is 2. The highest BCUT2D eigenvalue weighted by Crippen LogP contribution is 2.53. The minimum Gasteiger partial charge on any atom is -0.493 e. The van der Waals surface area contributed by atoms with Gasteiger partial charge in [-0.2, -0.15) is 0 Å². The molecule has 7 heteroatoms. The van der Waals surface area contributed by atoms with Gasteiger partial charge in [-0.05, 0) is 30.7 Å². The summed E-state index contributed by atoms with van der Waals surface area (Å²) in [6, 6.07) is 14.2. The van der Waals surface area contributed by atoms with Crippen molar-refractivity contribution in [3.63, 3.8) is 0 Å². The van der Waals surface area contributed by atoms with Crippen molar-refractivity contribution in [1.29, 1.82) is 0 Å². The Morgan fingerprint density at radius 1 is 1.24 bits per heavy atom. The molecule has 1 saturated heterocycles. The second-order valence-corrected chi connectivity index (χ2v) is 7.61. The van der Waals surface area contributed by atoms with Gasteiger partial charge in [0.25, 0.3) is 0 Å². The Labute approximate surface area is 174 Å². The second kappa shape index (κ2) is 7.69. The van der Waals surface area contributed by atoms with Crippen LogP contribution < -0.4 is 10.1 Å². The van der Waals surface area contributed by atoms with Gasteiger partial charge in [0, 0.05) is 22.5 Å². The molecule has 2 aromatic rings. The molecule has 1 fully saturated rings. The Bertz CT molecular complexity index is 934. The predicted molar refractivity (Wildman–Crippen MR) is 107 cm³/mol. The van der Waals surface area contributed by atoms with E-state index in [-0.39, 0.29) is 25.2 Å². The van der Waals surface area contributed by atoms with Crippen LogP contribution in [0.4, 0.5) is 0 Å². The summed E-state index contributed by atoms with van der Waals surface area (Å²) in [6.07, 6.45) is 0. The lowest BCUT2D eigenvalue weighted by molar-refractivity contribution is -0.162. The molecule has 0 radical (unpaired) electrons. The fourth-order valence-corrected chi connectivity index (χ4v) is 4.73. The molecule has 2 aliphatic heterocycles. The summed E-state index contributed by atoms with van der Waals surface area (Å²) in [5.41, 5.74) is 0.0536. The van der Waals surface area contributed by atoms with Crippen molar-refractivity contribution in [3.8, 4) is 5.75 Å². The summed E-state index contributed by atoms with van der Waals surface area (Å²) >= 11 is 6.23. The minimum atomic E-state index is -1.40. The molecule has 0 aromatic heterocycles. The SMILES string of the molecule is CCOC(=O)[C@H]1[C@@H]2COc3ccc(Cl)cc3[C@H]2N[C@]1(C(=O)OC)c1ccccc1. The number of hydrogen-bond donors (Lipinski definition) is 1. The summed E-state index contributed by atoms with van der Waals surface area (Å²) < 4.78 is 16.5. The lowest BCUT2D eigenvalue weighted by Crippen LogP contribution is -2.53. The van der Waals surface area contributed by atoms with Gasteiger partial charge in [0.2, 0.25) is 0 Å². The summed E-state index contributed by atoms with van der Waals surface area (Å²) in [7, 11) is 1.32. The van der Waals surface area contributed by atoms with Gasteiger partial charge in [-0.1, -0.05) is 41.9 Å². The zero-order valence-electron chi connectivity index (χ0n) is 16.2. The molecule has 2 aliphatic rings. The number of fused-ring (bicyclic) bond motifs is 3. The quantitative estimate of drug-likeness (QED) is 0.773. The smallest absolute Gasteiger partial charge is 0.331 e. The first-order valence-corrected chi connectivity index (χ1v) is 9.91. The maximum absolute atomic E-state index is 13.2. The average Bonchev–Trinajstić information content (AvgIpc) is 3.10. The fourth-order valence-electron chi connectivity index (χ4n) is 4.55. The Morgan fingerprint density at radius 2 is 2.00 bits per heavy atom. The van der Waals surface area contributed by atoms with Gasteiger partial charge < -0.3 is 14.2 Å². The number of methoxy groups -OCH3 is 1. The highest BCUT2D eigenvalue weighted by Gasteiger charge is 2.64. The van der Waals surface area contributed by atoms with Gasteiger partial charge in [0.05, 0.1) is 26.2 Å². The Morgan fingerprint density at radius 3 is 2.69 bits per heavy atom. The van der Waals surface area contributed by atoms with Crippen LogP contribution in [0.25, 0.3) is 0 Å². The number of esters is 2. The Hall–Kier alpha value is -2.57. The molecule has 0 spiro atoms. The van der Waals surface area contributed by atoms with Crippen LogP contribution >= 0.6 is 11.6 Å². The second-order valence-electron chi connectivity index (χ2n) is 7.17. The van der Waals surface area contributed by atoms with Crippen molar-refractivity contribution in [2.24, 2.45) is 11.8 Å². The van der Waals surface area contributed by atoms with Crippen LogP contribution in [-0.4, -0.2) is 32.3 Å². The van der Waals surface area contributed by atoms with Crippen molar-refractivity contribution < 1.29 is 23.8 Å². The summed E-state index contributed by atoms with van der Waals surface area (Å²) in [6.45, 7) is 2.22. The third kappa shape index (κ3) is 3.07. The summed E-state index contributed by atoms with van der Waals surface area (Å²) in [5.74, 6) is -1.48. The van der Waals surface area contributed by atoms with Crippen LogP contribution in [0.5, 0.6) is 5.75 Å². The van der Waals surface area contributed by atoms with E-state index in [0.29, 0.717) is 16.3 Å². The van der Waals surface area contributed by atoms with Gasteiger partial charge >= 0.3 is 11.9 Å². The van der Waals surface area contributed by atoms with Gasteiger partial charge in [-0.3, -0.25) is 10.1 Å². The molecule has 2 aromatic carbocycles. The maximum Gasteiger partial charge on any atom is 0.331 e. The number of nitrogens with one attached hydrogen (secondary N) is 1. The fraction of sp³-hybridized carbons (Fsp3) is 0.364. The lowest BCUT2D eigenvalue weighted by Gasteiger charge is -2.33. The zero-order valence-corrected chi connectivity index (χ0v) is 16.9. The molecule has 0 saturated carbocycles. The molecular formula is C22H22ClNO5. The Balaban J connectivity index is 1.91. The molecule has 0 amide bonds. The van der Waals surface area contributed by atoms with Crippen molar-refractivity contribution in [1.82, 2.24) is 5.32 Å². The van der Waals surface area contributed by atoms with Crippen LogP contribution in [-0.2, 0) is 24.6 Å². The van der Waals surface area contributed by atoms with E-state index in [1.807, 2.05) is 30.3 Å². The third-order valence-corrected chi connectivity index (χ3v) is 5.96. The first kappa shape index (κ1) is 19.7. The molecule has 1 N–H and O–H groups in total. The Kier molecular flexibility index (Phi) is 5.23. The van der Waals surface area contributed by atoms with Crippen LogP contribution in [0, 0.1) is 11.8 Å². The molecule has 0 aliphatic carbocycles. The van der Waals surface area contributed by atoms with Crippen LogP contribution in [0.15, 0.2) is 48.5 Å². The largest absolute Gasteiger partial charge is 0.493 e. The van der Waals surface area contributed by atoms with Gasteiger partial charge in [-0.25, -0.2) is 4.79 Å². The lowest BCUT2D eigenvalue weighted by atomic mass is 9.74. The number of hydrogen-bond acceptors (Lipinski definition) is 6. The van der Waals surface area contributed by atoms with Crippen LogP contribution in [0.3, 0.4) is 0 Å². The van der Waals surface area contributed by atoms with Crippen molar-refractivity contribution >= 4 is 23.5 Å². The monoisotopic (exact) mass is 415 g/mol. The van der Waals surface area contributed by atoms with Crippen LogP contribution in [0.1, 0.15) is 24.1 Å². The topological polar surface area (TPSA) is 73.9 Å². The summed E-state index contributed by atoms with van der Waals surface area (Å²) in [4.78, 5) is 26.4. The van der Waals surface area contributed by atoms with E-state index in [4.69, 9.17) is 25.8 Å². The minimum absolute atomic E-state index is 0.210. The first-order valence-electron chi connectivity index (χ1n) is 9.53. The molecule has 2 heterocycles. The molecular weight excluding hydrogens is 394 g/mol. The molecule has 6 nitrogen and oxygen atoms in total. The standard InChI is InChI=1S/C22H22ClNO5/c1-3-28-20(25)18-16-12-29-17-10-9-14(23)11-15(17)19(16)24-22(18,21(26)27-2)13-7-5-4-6-8-13/h4-11,16,18-19,24H,3,12H2,1-2H3/t16-,18+,19+,22+/m0/s1. The number of halogens is 1. The molecule has 29 heavy (non-hydrogen) atoms. The van der Waals surface area contributed by atoms with Crippen LogP contribution in [0.2, 0.25) is 5.02 Å². The molecule has 4 rings (SSSR count). The van der Waals surface area contributed by atoms with E-state index < -0.39 is 23.4 Å². The normalized spacial score (nSPS) is 27.3. The van der Waals surface area contributed by atoms with Crippen molar-refractivity contribution in [2.75, 3.05) is 20.3 Å². The highest BCUT2D eigenvalue weighted by atomic mass is 35.5. The van der Waals surface area contributed by atoms with E-state index >= 15 is 0 Å². The van der Waals surface area contributed by atoms with E-state index in [2.05, 4.69) is 5.32 Å². The maximum atomic E-state index is 13.2. The number of rotatable bonds is 4. The van der Waals surface area contributed by atoms with E-state index in [0.717, 1.165) is 5.56 Å². The van der Waals surface area contributed by atoms with Gasteiger partial charge in [0.15, 0.2) is 5.54 Å². The number of ether oxygens (including phenoxy) is 3. The molecule has 4 atom stereocenters. The average molecular weight is 416 g/mol. The van der Waals surface area contributed by atoms with E-state index in [1.165, 1.54) is 7.11 Å². The molecule has 0 unspecified atom stereocenters.